The smallest absolute Gasteiger partial charge is 0.340 e. The van der Waals surface area contributed by atoms with Gasteiger partial charge in [0.15, 0.2) is 0 Å². The number of nitrogens with one attached hydrogen (secondary N) is 1. The topological polar surface area (TPSA) is 102 Å². The van der Waals surface area contributed by atoms with Crippen LogP contribution in [-0.4, -0.2) is 43.5 Å². The average Bonchev–Trinajstić information content (AvgIpc) is 3.05. The van der Waals surface area contributed by atoms with Gasteiger partial charge in [-0.1, -0.05) is 0 Å². The Kier molecular flexibility index (Phi) is 5.15. The van der Waals surface area contributed by atoms with E-state index >= 15 is 0 Å². The molecule has 0 radical (unpaired) electrons. The summed E-state index contributed by atoms with van der Waals surface area (Å²) in [5.41, 5.74) is 5.93. The Morgan fingerprint density at radius 3 is 2.95 bits per heavy atom. The van der Waals surface area contributed by atoms with Crippen molar-refractivity contribution in [1.82, 2.24) is 5.32 Å². The van der Waals surface area contributed by atoms with Gasteiger partial charge in [-0.2, -0.15) is 0 Å². The molecule has 22 heavy (non-hydrogen) atoms. The van der Waals surface area contributed by atoms with Crippen molar-refractivity contribution < 1.29 is 19.1 Å². The quantitative estimate of drug-likeness (QED) is 0.767. The number of hydrogen-bond donors (Lipinski definition) is 2. The zero-order chi connectivity index (χ0) is 16.3. The molecule has 0 spiro atoms. The van der Waals surface area contributed by atoms with E-state index in [-0.39, 0.29) is 24.3 Å². The largest absolute Gasteiger partial charge is 0.465 e. The number of nitrogens with zero attached hydrogens (tertiary/aromatic N) is 1. The van der Waals surface area contributed by atoms with Gasteiger partial charge in [0.2, 0.25) is 11.8 Å². The lowest BCUT2D eigenvalue weighted by molar-refractivity contribution is -0.126. The Morgan fingerprint density at radius 1 is 1.59 bits per heavy atom. The molecule has 1 saturated heterocycles. The summed E-state index contributed by atoms with van der Waals surface area (Å²) in [6, 6.07) is 0.802. The van der Waals surface area contributed by atoms with Gasteiger partial charge in [0.1, 0.15) is 11.0 Å². The van der Waals surface area contributed by atoms with E-state index < -0.39 is 12.0 Å². The highest BCUT2D eigenvalue weighted by molar-refractivity contribution is 7.14. The summed E-state index contributed by atoms with van der Waals surface area (Å²) < 4.78 is 4.71. The summed E-state index contributed by atoms with van der Waals surface area (Å²) in [4.78, 5) is 37.4. The Hall–Kier alpha value is -1.93. The maximum absolute atomic E-state index is 12.4. The van der Waals surface area contributed by atoms with Gasteiger partial charge in [-0.25, -0.2) is 4.79 Å². The Morgan fingerprint density at radius 2 is 2.32 bits per heavy atom. The van der Waals surface area contributed by atoms with Crippen LogP contribution < -0.4 is 16.0 Å². The second-order valence-corrected chi connectivity index (χ2v) is 6.11. The molecule has 0 aliphatic carbocycles. The minimum atomic E-state index is -0.571. The van der Waals surface area contributed by atoms with E-state index in [2.05, 4.69) is 5.32 Å². The number of rotatable bonds is 5. The first-order valence-corrected chi connectivity index (χ1v) is 7.84. The van der Waals surface area contributed by atoms with Crippen LogP contribution in [0.1, 0.15) is 30.1 Å². The summed E-state index contributed by atoms with van der Waals surface area (Å²) in [6.45, 7) is 2.18. The second kappa shape index (κ2) is 6.89. The highest BCUT2D eigenvalue weighted by atomic mass is 32.1. The van der Waals surface area contributed by atoms with Gasteiger partial charge in [-0.3, -0.25) is 9.59 Å². The van der Waals surface area contributed by atoms with Gasteiger partial charge >= 0.3 is 5.97 Å². The molecule has 1 aliphatic heterocycles. The van der Waals surface area contributed by atoms with Crippen LogP contribution in [0, 0.1) is 0 Å². The Bertz CT molecular complexity index is 584. The lowest BCUT2D eigenvalue weighted by Crippen LogP contribution is -2.43. The molecule has 3 N–H and O–H groups in total. The van der Waals surface area contributed by atoms with Gasteiger partial charge < -0.3 is 20.7 Å². The van der Waals surface area contributed by atoms with Crippen molar-refractivity contribution >= 4 is 34.1 Å². The molecule has 1 aromatic rings. The third kappa shape index (κ3) is 3.45. The van der Waals surface area contributed by atoms with Crippen molar-refractivity contribution in [3.8, 4) is 0 Å². The molecule has 1 aromatic heterocycles. The van der Waals surface area contributed by atoms with Crippen molar-refractivity contribution in [2.24, 2.45) is 5.73 Å². The highest BCUT2D eigenvalue weighted by Crippen LogP contribution is 2.31. The molecule has 2 amide bonds. The van der Waals surface area contributed by atoms with Crippen LogP contribution in [0.3, 0.4) is 0 Å². The molecule has 2 atom stereocenters. The van der Waals surface area contributed by atoms with E-state index in [0.717, 1.165) is 0 Å². The Labute approximate surface area is 132 Å². The molecular formula is C14H19N3O4S. The van der Waals surface area contributed by atoms with Gasteiger partial charge in [0.05, 0.1) is 12.7 Å². The molecule has 8 heteroatoms. The van der Waals surface area contributed by atoms with E-state index in [4.69, 9.17) is 10.5 Å². The number of carbonyl (C=O) groups is 3. The van der Waals surface area contributed by atoms with Crippen molar-refractivity contribution in [2.45, 2.75) is 31.8 Å². The van der Waals surface area contributed by atoms with E-state index in [0.29, 0.717) is 23.5 Å². The van der Waals surface area contributed by atoms with E-state index in [1.54, 1.807) is 18.4 Å². The summed E-state index contributed by atoms with van der Waals surface area (Å²) in [5.74, 6) is -0.936. The molecule has 0 bridgehead atoms. The Balaban J connectivity index is 2.07. The van der Waals surface area contributed by atoms with Crippen molar-refractivity contribution in [3.05, 3.63) is 17.0 Å². The predicted octanol–water partition coefficient (Wildman–Crippen LogP) is 0.494. The third-order valence-corrected chi connectivity index (χ3v) is 4.28. The fourth-order valence-corrected chi connectivity index (χ4v) is 3.26. The molecule has 2 rings (SSSR count). The third-order valence-electron chi connectivity index (χ3n) is 3.34. The molecule has 2 unspecified atom stereocenters. The van der Waals surface area contributed by atoms with Crippen LogP contribution >= 0.6 is 11.3 Å². The van der Waals surface area contributed by atoms with E-state index in [1.807, 2.05) is 0 Å². The van der Waals surface area contributed by atoms with E-state index in [9.17, 15) is 14.4 Å². The van der Waals surface area contributed by atoms with Gasteiger partial charge in [0, 0.05) is 19.0 Å². The first kappa shape index (κ1) is 16.4. The van der Waals surface area contributed by atoms with Crippen LogP contribution in [0.5, 0.6) is 0 Å². The number of nitrogens with two attached hydrogens (primary N) is 1. The minimum Gasteiger partial charge on any atom is -0.465 e. The number of hydrogen-bond acceptors (Lipinski definition) is 6. The zero-order valence-electron chi connectivity index (χ0n) is 12.5. The van der Waals surface area contributed by atoms with E-state index in [1.165, 1.54) is 23.3 Å². The number of ether oxygens (including phenoxy) is 1. The zero-order valence-corrected chi connectivity index (χ0v) is 13.3. The second-order valence-electron chi connectivity index (χ2n) is 5.21. The fraction of sp³-hybridized carbons (Fsp3) is 0.500. The van der Waals surface area contributed by atoms with Gasteiger partial charge in [-0.15, -0.1) is 11.3 Å². The minimum absolute atomic E-state index is 0.177. The summed E-state index contributed by atoms with van der Waals surface area (Å²) >= 11 is 1.30. The fourth-order valence-electron chi connectivity index (χ4n) is 2.34. The molecule has 0 aromatic carbocycles. The van der Waals surface area contributed by atoms with Crippen LogP contribution in [0.2, 0.25) is 0 Å². The number of esters is 1. The number of amides is 2. The van der Waals surface area contributed by atoms with Gasteiger partial charge in [0.25, 0.3) is 0 Å². The lowest BCUT2D eigenvalue weighted by atomic mass is 10.2. The van der Waals surface area contributed by atoms with Crippen molar-refractivity contribution in [1.29, 1.82) is 0 Å². The number of thiophene rings is 1. The summed E-state index contributed by atoms with van der Waals surface area (Å²) in [6.07, 6.45) is 0.679. The SMILES string of the molecule is COC(=O)c1ccsc1N1CCC(NC(=O)CC(C)N)C1=O. The lowest BCUT2D eigenvalue weighted by Gasteiger charge is -2.17. The average molecular weight is 325 g/mol. The van der Waals surface area contributed by atoms with Crippen molar-refractivity contribution in [2.75, 3.05) is 18.6 Å². The maximum atomic E-state index is 12.4. The number of carbonyl (C=O) groups excluding carboxylic acids is 3. The predicted molar refractivity (Wildman–Crippen MR) is 82.8 cm³/mol. The molecule has 2 heterocycles. The summed E-state index contributed by atoms with van der Waals surface area (Å²) in [7, 11) is 1.30. The molecule has 7 nitrogen and oxygen atoms in total. The standard InChI is InChI=1S/C14H19N3O4S/c1-8(15)7-11(18)16-10-3-5-17(12(10)19)13-9(4-6-22-13)14(20)21-2/h4,6,8,10H,3,5,7,15H2,1-2H3,(H,16,18). The molecule has 1 fully saturated rings. The molecular weight excluding hydrogens is 306 g/mol. The van der Waals surface area contributed by atoms with Crippen LogP contribution in [0.25, 0.3) is 0 Å². The summed E-state index contributed by atoms with van der Waals surface area (Å²) in [5, 5.41) is 4.98. The first-order chi connectivity index (χ1) is 10.4. The molecule has 120 valence electrons. The maximum Gasteiger partial charge on any atom is 0.340 e. The normalized spacial score (nSPS) is 19.1. The number of anilines is 1. The van der Waals surface area contributed by atoms with Crippen LogP contribution in [0.15, 0.2) is 11.4 Å². The highest BCUT2D eigenvalue weighted by Gasteiger charge is 2.36. The number of methoxy groups -OCH3 is 1. The van der Waals surface area contributed by atoms with Crippen molar-refractivity contribution in [3.63, 3.8) is 0 Å². The molecule has 0 saturated carbocycles. The van der Waals surface area contributed by atoms with Crippen LogP contribution in [-0.2, 0) is 14.3 Å². The monoisotopic (exact) mass is 325 g/mol. The molecule has 1 aliphatic rings. The first-order valence-electron chi connectivity index (χ1n) is 6.96. The van der Waals surface area contributed by atoms with Crippen LogP contribution in [0.4, 0.5) is 5.00 Å². The van der Waals surface area contributed by atoms with Gasteiger partial charge in [-0.05, 0) is 24.8 Å².